The van der Waals surface area contributed by atoms with Gasteiger partial charge in [-0.3, -0.25) is 9.59 Å². The fourth-order valence-electron chi connectivity index (χ4n) is 1.95. The molecule has 10 heteroatoms. The summed E-state index contributed by atoms with van der Waals surface area (Å²) in [6, 6.07) is 2.30. The van der Waals surface area contributed by atoms with Crippen LogP contribution in [0.5, 0.6) is 0 Å². The summed E-state index contributed by atoms with van der Waals surface area (Å²) >= 11 is 0. The molecular formula is C14H15F3N4O3. The number of carbonyl (C=O) groups excluding carboxylic acids is 1. The van der Waals surface area contributed by atoms with Gasteiger partial charge in [0.15, 0.2) is 0 Å². The Labute approximate surface area is 134 Å². The maximum absolute atomic E-state index is 12.2. The molecule has 0 bridgehead atoms. The zero-order valence-electron chi connectivity index (χ0n) is 13.1. The lowest BCUT2D eigenvalue weighted by atomic mass is 10.2. The van der Waals surface area contributed by atoms with Crippen molar-refractivity contribution >= 4 is 5.91 Å². The standard InChI is InChI=1S/C14H15F3N4O3/c1-7-4-5-9(13(23)21(7)3)11-19-12(24-20-11)8(2)18-10(22)6-14(15,16)17/h4-5,8H,6H2,1-3H3,(H,18,22). The van der Waals surface area contributed by atoms with Gasteiger partial charge in [-0.2, -0.15) is 18.2 Å². The van der Waals surface area contributed by atoms with Crippen LogP contribution in [0.2, 0.25) is 0 Å². The molecule has 0 radical (unpaired) electrons. The number of halogens is 3. The number of pyridine rings is 1. The molecule has 2 rings (SSSR count). The highest BCUT2D eigenvalue weighted by Crippen LogP contribution is 2.21. The first-order valence-electron chi connectivity index (χ1n) is 6.95. The predicted molar refractivity (Wildman–Crippen MR) is 76.9 cm³/mol. The quantitative estimate of drug-likeness (QED) is 0.914. The fraction of sp³-hybridized carbons (Fsp3) is 0.429. The second-order valence-electron chi connectivity index (χ2n) is 5.29. The zero-order valence-corrected chi connectivity index (χ0v) is 13.1. The van der Waals surface area contributed by atoms with Gasteiger partial charge in [0.1, 0.15) is 12.5 Å². The van der Waals surface area contributed by atoms with Crippen LogP contribution in [0.4, 0.5) is 13.2 Å². The number of amides is 1. The summed E-state index contributed by atoms with van der Waals surface area (Å²) in [7, 11) is 1.59. The second kappa shape index (κ2) is 6.46. The Bertz CT molecular complexity index is 810. The maximum Gasteiger partial charge on any atom is 0.397 e. The lowest BCUT2D eigenvalue weighted by Crippen LogP contribution is -2.30. The van der Waals surface area contributed by atoms with Crippen molar-refractivity contribution in [1.82, 2.24) is 20.0 Å². The van der Waals surface area contributed by atoms with Crippen LogP contribution in [0.25, 0.3) is 11.4 Å². The molecule has 0 aromatic carbocycles. The van der Waals surface area contributed by atoms with E-state index >= 15 is 0 Å². The largest absolute Gasteiger partial charge is 0.397 e. The number of nitrogens with zero attached hydrogens (tertiary/aromatic N) is 3. The molecule has 24 heavy (non-hydrogen) atoms. The number of hydrogen-bond donors (Lipinski definition) is 1. The van der Waals surface area contributed by atoms with Crippen molar-refractivity contribution in [3.63, 3.8) is 0 Å². The van der Waals surface area contributed by atoms with E-state index in [1.54, 1.807) is 20.0 Å². The van der Waals surface area contributed by atoms with Gasteiger partial charge < -0.3 is 14.4 Å². The van der Waals surface area contributed by atoms with E-state index in [9.17, 15) is 22.8 Å². The molecule has 0 aliphatic rings. The maximum atomic E-state index is 12.2. The molecule has 1 unspecified atom stereocenters. The van der Waals surface area contributed by atoms with Crippen molar-refractivity contribution in [2.75, 3.05) is 0 Å². The number of rotatable bonds is 4. The number of carbonyl (C=O) groups is 1. The SMILES string of the molecule is Cc1ccc(-c2noc(C(C)NC(=O)CC(F)(F)F)n2)c(=O)n1C. The predicted octanol–water partition coefficient (Wildman–Crippen LogP) is 1.87. The molecule has 2 aromatic heterocycles. The smallest absolute Gasteiger partial charge is 0.344 e. The van der Waals surface area contributed by atoms with Crippen molar-refractivity contribution < 1.29 is 22.5 Å². The first kappa shape index (κ1) is 17.7. The summed E-state index contributed by atoms with van der Waals surface area (Å²) in [5, 5.41) is 5.76. The van der Waals surface area contributed by atoms with E-state index < -0.39 is 24.5 Å². The van der Waals surface area contributed by atoms with Crippen LogP contribution in [0.1, 0.15) is 31.0 Å². The third-order valence-electron chi connectivity index (χ3n) is 3.35. The van der Waals surface area contributed by atoms with Crippen molar-refractivity contribution in [3.05, 3.63) is 34.1 Å². The highest BCUT2D eigenvalue weighted by Gasteiger charge is 2.32. The molecular weight excluding hydrogens is 329 g/mol. The van der Waals surface area contributed by atoms with Crippen LogP contribution in [0, 0.1) is 6.92 Å². The molecule has 1 amide bonds. The molecule has 1 atom stereocenters. The minimum absolute atomic E-state index is 0.00233. The van der Waals surface area contributed by atoms with Gasteiger partial charge in [0.2, 0.25) is 17.6 Å². The summed E-state index contributed by atoms with van der Waals surface area (Å²) in [6.45, 7) is 3.16. The van der Waals surface area contributed by atoms with Gasteiger partial charge in [-0.15, -0.1) is 0 Å². The van der Waals surface area contributed by atoms with Crippen LogP contribution in [0.3, 0.4) is 0 Å². The topological polar surface area (TPSA) is 90.0 Å². The first-order valence-corrected chi connectivity index (χ1v) is 6.95. The Balaban J connectivity index is 2.18. The van der Waals surface area contributed by atoms with Crippen molar-refractivity contribution in [2.24, 2.45) is 7.05 Å². The Kier molecular flexibility index (Phi) is 4.76. The minimum Gasteiger partial charge on any atom is -0.344 e. The average Bonchev–Trinajstić information content (AvgIpc) is 2.92. The molecule has 130 valence electrons. The molecule has 0 saturated carbocycles. The van der Waals surface area contributed by atoms with E-state index in [1.165, 1.54) is 17.6 Å². The number of hydrogen-bond acceptors (Lipinski definition) is 5. The number of alkyl halides is 3. The van der Waals surface area contributed by atoms with Gasteiger partial charge in [-0.05, 0) is 26.0 Å². The Morgan fingerprint density at radius 1 is 1.42 bits per heavy atom. The summed E-state index contributed by atoms with van der Waals surface area (Å²) in [6.07, 6.45) is -6.20. The third-order valence-corrected chi connectivity index (χ3v) is 3.35. The van der Waals surface area contributed by atoms with E-state index in [1.807, 2.05) is 0 Å². The van der Waals surface area contributed by atoms with Gasteiger partial charge in [0.05, 0.1) is 5.56 Å². The highest BCUT2D eigenvalue weighted by atomic mass is 19.4. The zero-order chi connectivity index (χ0) is 18.1. The highest BCUT2D eigenvalue weighted by molar-refractivity contribution is 5.76. The van der Waals surface area contributed by atoms with Crippen molar-refractivity contribution in [1.29, 1.82) is 0 Å². The normalized spacial score (nSPS) is 12.9. The van der Waals surface area contributed by atoms with Gasteiger partial charge in [0, 0.05) is 12.7 Å². The summed E-state index contributed by atoms with van der Waals surface area (Å²) in [4.78, 5) is 27.4. The van der Waals surface area contributed by atoms with Crippen LogP contribution >= 0.6 is 0 Å². The van der Waals surface area contributed by atoms with Crippen LogP contribution in [-0.4, -0.2) is 26.8 Å². The van der Waals surface area contributed by atoms with Gasteiger partial charge in [-0.1, -0.05) is 5.16 Å². The molecule has 7 nitrogen and oxygen atoms in total. The van der Waals surface area contributed by atoms with Crippen LogP contribution < -0.4 is 10.9 Å². The molecule has 2 aromatic rings. The average molecular weight is 344 g/mol. The summed E-state index contributed by atoms with van der Waals surface area (Å²) < 4.78 is 42.8. The third kappa shape index (κ3) is 4.00. The number of aromatic nitrogens is 3. The Morgan fingerprint density at radius 3 is 2.71 bits per heavy atom. The van der Waals surface area contributed by atoms with Gasteiger partial charge in [0.25, 0.3) is 5.56 Å². The Hall–Kier alpha value is -2.65. The molecule has 0 aliphatic heterocycles. The molecule has 1 N–H and O–H groups in total. The molecule has 0 spiro atoms. The molecule has 0 fully saturated rings. The van der Waals surface area contributed by atoms with Gasteiger partial charge in [-0.25, -0.2) is 0 Å². The van der Waals surface area contributed by atoms with Crippen molar-refractivity contribution in [2.45, 2.75) is 32.5 Å². The number of nitrogens with one attached hydrogen (secondary N) is 1. The van der Waals surface area contributed by atoms with Crippen LogP contribution in [-0.2, 0) is 11.8 Å². The van der Waals surface area contributed by atoms with E-state index in [-0.39, 0.29) is 22.8 Å². The molecule has 0 saturated heterocycles. The second-order valence-corrected chi connectivity index (χ2v) is 5.29. The molecule has 2 heterocycles. The Morgan fingerprint density at radius 2 is 2.08 bits per heavy atom. The summed E-state index contributed by atoms with van der Waals surface area (Å²) in [5.41, 5.74) is 0.586. The van der Waals surface area contributed by atoms with E-state index in [0.29, 0.717) is 0 Å². The molecule has 0 aliphatic carbocycles. The lowest BCUT2D eigenvalue weighted by molar-refractivity contribution is -0.154. The van der Waals surface area contributed by atoms with Gasteiger partial charge >= 0.3 is 6.18 Å². The monoisotopic (exact) mass is 344 g/mol. The van der Waals surface area contributed by atoms with E-state index in [0.717, 1.165) is 5.69 Å². The van der Waals surface area contributed by atoms with Crippen LogP contribution in [0.15, 0.2) is 21.5 Å². The van der Waals surface area contributed by atoms with Crippen molar-refractivity contribution in [3.8, 4) is 11.4 Å². The van der Waals surface area contributed by atoms with E-state index in [4.69, 9.17) is 4.52 Å². The van der Waals surface area contributed by atoms with E-state index in [2.05, 4.69) is 15.5 Å². The minimum atomic E-state index is -4.60. The number of aryl methyl sites for hydroxylation is 1. The fourth-order valence-corrected chi connectivity index (χ4v) is 1.95. The first-order chi connectivity index (χ1) is 11.1. The lowest BCUT2D eigenvalue weighted by Gasteiger charge is -2.10. The summed E-state index contributed by atoms with van der Waals surface area (Å²) in [5.74, 6) is -1.30.